The van der Waals surface area contributed by atoms with Crippen LogP contribution in [0.3, 0.4) is 0 Å². The second-order valence-corrected chi connectivity index (χ2v) is 13.5. The molecule has 7 nitrogen and oxygen atoms in total. The number of carbonyl (C=O) groups is 2. The first-order valence-electron chi connectivity index (χ1n) is 14.6. The maximum absolute atomic E-state index is 14.0. The van der Waals surface area contributed by atoms with Gasteiger partial charge in [0, 0.05) is 42.9 Å². The van der Waals surface area contributed by atoms with Crippen molar-refractivity contribution < 1.29 is 18.0 Å². The molecule has 43 heavy (non-hydrogen) atoms. The first-order valence-corrected chi connectivity index (χ1v) is 16.4. The topological polar surface area (TPSA) is 86.8 Å². The Morgan fingerprint density at radius 3 is 2.33 bits per heavy atom. The van der Waals surface area contributed by atoms with E-state index in [4.69, 9.17) is 11.6 Å². The van der Waals surface area contributed by atoms with Crippen molar-refractivity contribution in [2.75, 3.05) is 17.4 Å². The molecule has 2 amide bonds. The van der Waals surface area contributed by atoms with Gasteiger partial charge in [-0.3, -0.25) is 13.9 Å². The molecule has 1 aliphatic rings. The van der Waals surface area contributed by atoms with Crippen molar-refractivity contribution in [2.45, 2.75) is 50.6 Å². The van der Waals surface area contributed by atoms with Crippen LogP contribution in [0.4, 0.5) is 5.69 Å². The van der Waals surface area contributed by atoms with Crippen molar-refractivity contribution in [3.8, 4) is 0 Å². The molecular formula is C34H36ClN3O4S. The summed E-state index contributed by atoms with van der Waals surface area (Å²) in [5.41, 5.74) is 2.29. The number of hydrogen-bond acceptors (Lipinski definition) is 4. The van der Waals surface area contributed by atoms with E-state index in [0.717, 1.165) is 16.5 Å². The highest BCUT2D eigenvalue weighted by molar-refractivity contribution is 7.93. The van der Waals surface area contributed by atoms with Crippen LogP contribution in [0.25, 0.3) is 10.8 Å². The molecule has 0 fully saturated rings. The van der Waals surface area contributed by atoms with Gasteiger partial charge in [-0.05, 0) is 47.1 Å². The molecule has 1 N–H and O–H groups in total. The van der Waals surface area contributed by atoms with E-state index in [9.17, 15) is 18.0 Å². The number of sulfonamides is 1. The summed E-state index contributed by atoms with van der Waals surface area (Å²) in [4.78, 5) is 29.5. The van der Waals surface area contributed by atoms with E-state index >= 15 is 0 Å². The van der Waals surface area contributed by atoms with E-state index < -0.39 is 16.1 Å². The van der Waals surface area contributed by atoms with Crippen LogP contribution < -0.4 is 9.62 Å². The molecule has 0 bridgehead atoms. The minimum Gasteiger partial charge on any atom is -0.354 e. The van der Waals surface area contributed by atoms with Crippen LogP contribution in [-0.4, -0.2) is 44.3 Å². The number of benzene rings is 4. The van der Waals surface area contributed by atoms with Crippen molar-refractivity contribution in [3.05, 3.63) is 107 Å². The van der Waals surface area contributed by atoms with E-state index in [0.29, 0.717) is 29.1 Å². The predicted octanol–water partition coefficient (Wildman–Crippen LogP) is 6.19. The number of rotatable bonds is 12. The Morgan fingerprint density at radius 1 is 0.907 bits per heavy atom. The summed E-state index contributed by atoms with van der Waals surface area (Å²) < 4.78 is 28.3. The number of nitrogens with zero attached hydrogens (tertiary/aromatic N) is 2. The Morgan fingerprint density at radius 2 is 1.60 bits per heavy atom. The quantitative estimate of drug-likeness (QED) is 0.205. The molecule has 1 unspecified atom stereocenters. The maximum atomic E-state index is 14.0. The molecule has 0 saturated heterocycles. The zero-order chi connectivity index (χ0) is 30.6. The molecule has 5 rings (SSSR count). The maximum Gasteiger partial charge on any atom is 0.265 e. The van der Waals surface area contributed by atoms with Gasteiger partial charge in [-0.2, -0.15) is 0 Å². The third kappa shape index (κ3) is 6.71. The SMILES string of the molecule is CC(C)CNC(=O)C(Cc1ccccc1)N(Cc1ccccc1Cl)C(=O)CCCN1c2cccc3cccc(c23)S1(=O)=O. The Balaban J connectivity index is 1.40. The van der Waals surface area contributed by atoms with Gasteiger partial charge in [0.2, 0.25) is 11.8 Å². The highest BCUT2D eigenvalue weighted by Gasteiger charge is 2.36. The Kier molecular flexibility index (Phi) is 9.37. The Bertz CT molecular complexity index is 1720. The van der Waals surface area contributed by atoms with Gasteiger partial charge in [0.05, 0.1) is 10.6 Å². The van der Waals surface area contributed by atoms with E-state index in [-0.39, 0.29) is 48.6 Å². The van der Waals surface area contributed by atoms with E-state index in [1.54, 1.807) is 29.2 Å². The van der Waals surface area contributed by atoms with Crippen LogP contribution in [0.1, 0.15) is 37.8 Å². The average molecular weight is 618 g/mol. The van der Waals surface area contributed by atoms with Crippen molar-refractivity contribution in [3.63, 3.8) is 0 Å². The lowest BCUT2D eigenvalue weighted by molar-refractivity contribution is -0.141. The summed E-state index contributed by atoms with van der Waals surface area (Å²) in [6.07, 6.45) is 0.678. The molecule has 0 aromatic heterocycles. The number of carbonyl (C=O) groups excluding carboxylic acids is 2. The predicted molar refractivity (Wildman–Crippen MR) is 171 cm³/mol. The van der Waals surface area contributed by atoms with E-state index in [1.807, 2.05) is 80.6 Å². The molecule has 1 aliphatic heterocycles. The Hall–Kier alpha value is -3.88. The molecule has 4 aromatic carbocycles. The van der Waals surface area contributed by atoms with Crippen LogP contribution in [0.15, 0.2) is 95.9 Å². The normalized spacial score (nSPS) is 14.2. The minimum atomic E-state index is -3.73. The summed E-state index contributed by atoms with van der Waals surface area (Å²) in [5.74, 6) is -0.236. The fraction of sp³-hybridized carbons (Fsp3) is 0.294. The lowest BCUT2D eigenvalue weighted by Gasteiger charge is -2.32. The lowest BCUT2D eigenvalue weighted by Crippen LogP contribution is -2.51. The van der Waals surface area contributed by atoms with Crippen molar-refractivity contribution in [1.29, 1.82) is 0 Å². The van der Waals surface area contributed by atoms with Gasteiger partial charge in [-0.25, -0.2) is 8.42 Å². The lowest BCUT2D eigenvalue weighted by atomic mass is 10.0. The molecule has 0 radical (unpaired) electrons. The van der Waals surface area contributed by atoms with Gasteiger partial charge < -0.3 is 10.2 Å². The molecule has 0 saturated carbocycles. The van der Waals surface area contributed by atoms with E-state index in [2.05, 4.69) is 5.32 Å². The van der Waals surface area contributed by atoms with Crippen LogP contribution in [0.2, 0.25) is 5.02 Å². The monoisotopic (exact) mass is 617 g/mol. The van der Waals surface area contributed by atoms with Crippen LogP contribution in [0.5, 0.6) is 0 Å². The highest BCUT2D eigenvalue weighted by Crippen LogP contribution is 2.42. The Labute approximate surface area is 258 Å². The molecule has 224 valence electrons. The zero-order valence-electron chi connectivity index (χ0n) is 24.4. The molecule has 1 heterocycles. The third-order valence-electron chi connectivity index (χ3n) is 7.69. The first-order chi connectivity index (χ1) is 20.7. The van der Waals surface area contributed by atoms with E-state index in [1.165, 1.54) is 4.31 Å². The largest absolute Gasteiger partial charge is 0.354 e. The van der Waals surface area contributed by atoms with Gasteiger partial charge in [0.1, 0.15) is 6.04 Å². The highest BCUT2D eigenvalue weighted by atomic mass is 35.5. The fourth-order valence-corrected chi connectivity index (χ4v) is 7.45. The number of nitrogens with one attached hydrogen (secondary N) is 1. The molecule has 4 aromatic rings. The van der Waals surface area contributed by atoms with Gasteiger partial charge in [0.15, 0.2) is 0 Å². The molecule has 9 heteroatoms. The van der Waals surface area contributed by atoms with Gasteiger partial charge in [-0.1, -0.05) is 98.2 Å². The summed E-state index contributed by atoms with van der Waals surface area (Å²) in [6, 6.07) is 26.9. The van der Waals surface area contributed by atoms with Crippen molar-refractivity contribution in [1.82, 2.24) is 10.2 Å². The van der Waals surface area contributed by atoms with Crippen LogP contribution in [-0.2, 0) is 32.6 Å². The molecule has 0 aliphatic carbocycles. The summed E-state index contributed by atoms with van der Waals surface area (Å²) in [7, 11) is -3.73. The molecule has 1 atom stereocenters. The fourth-order valence-electron chi connectivity index (χ4n) is 5.50. The van der Waals surface area contributed by atoms with Crippen LogP contribution in [0, 0.1) is 5.92 Å². The second kappa shape index (κ2) is 13.2. The number of halogens is 1. The zero-order valence-corrected chi connectivity index (χ0v) is 25.9. The van der Waals surface area contributed by atoms with Crippen molar-refractivity contribution in [2.24, 2.45) is 5.92 Å². The summed E-state index contributed by atoms with van der Waals surface area (Å²) in [5, 5.41) is 5.10. The molecular weight excluding hydrogens is 582 g/mol. The molecule has 0 spiro atoms. The van der Waals surface area contributed by atoms with Crippen LogP contribution >= 0.6 is 11.6 Å². The van der Waals surface area contributed by atoms with Gasteiger partial charge >= 0.3 is 0 Å². The number of hydrogen-bond donors (Lipinski definition) is 1. The third-order valence-corrected chi connectivity index (χ3v) is 9.91. The summed E-state index contributed by atoms with van der Waals surface area (Å²) in [6.45, 7) is 4.81. The summed E-state index contributed by atoms with van der Waals surface area (Å²) >= 11 is 6.51. The smallest absolute Gasteiger partial charge is 0.265 e. The second-order valence-electron chi connectivity index (χ2n) is 11.3. The number of amides is 2. The van der Waals surface area contributed by atoms with Crippen molar-refractivity contribution >= 4 is 49.9 Å². The number of anilines is 1. The standard InChI is InChI=1S/C34H36ClN3O4S/c1-24(2)22-36-34(40)30(21-25-11-4-3-5-12-25)37(23-27-13-6-7-16-28(27)35)32(39)19-10-20-38-29-17-8-14-26-15-9-18-31(33(26)29)43(38,41)42/h3-9,11-18,24,30H,10,19-23H2,1-2H3,(H,36,40). The van der Waals surface area contributed by atoms with Gasteiger partial charge in [-0.15, -0.1) is 0 Å². The average Bonchev–Trinajstić information content (AvgIpc) is 3.22. The minimum absolute atomic E-state index is 0.0611. The first kappa shape index (κ1) is 30.6. The van der Waals surface area contributed by atoms with Gasteiger partial charge in [0.25, 0.3) is 10.0 Å².